The summed E-state index contributed by atoms with van der Waals surface area (Å²) in [6, 6.07) is 18.1. The molecule has 4 N–H and O–H groups in total. The number of fused-ring (bicyclic) bond motifs is 4. The second kappa shape index (κ2) is 17.5. The molecule has 7 heterocycles. The van der Waals surface area contributed by atoms with E-state index in [4.69, 9.17) is 29.7 Å². The molecule has 0 radical (unpaired) electrons. The van der Waals surface area contributed by atoms with Crippen molar-refractivity contribution in [2.24, 2.45) is 11.1 Å². The third-order valence-corrected chi connectivity index (χ3v) is 17.2. The van der Waals surface area contributed by atoms with Crippen molar-refractivity contribution < 1.29 is 37.1 Å². The van der Waals surface area contributed by atoms with Crippen LogP contribution in [0.1, 0.15) is 99.7 Å². The van der Waals surface area contributed by atoms with E-state index in [-0.39, 0.29) is 76.3 Å². The topological polar surface area (TPSA) is 208 Å². The van der Waals surface area contributed by atoms with E-state index in [1.54, 1.807) is 23.2 Å². The fourth-order valence-electron chi connectivity index (χ4n) is 12.0. The summed E-state index contributed by atoms with van der Waals surface area (Å²) in [5, 5.41) is 16.8. The number of hydrogen-bond acceptors (Lipinski definition) is 14. The number of aromatic nitrogens is 2. The smallest absolute Gasteiger partial charge is 0.297 e. The molecule has 0 bridgehead atoms. The number of H-pyrrole nitrogens is 1. The molecule has 3 aromatic carbocycles. The number of primary amides is 1. The Morgan fingerprint density at radius 1 is 1.01 bits per heavy atom. The molecule has 4 atom stereocenters. The van der Waals surface area contributed by atoms with E-state index in [0.29, 0.717) is 48.1 Å². The predicted molar refractivity (Wildman–Crippen MR) is 261 cm³/mol. The maximum atomic E-state index is 16.0. The summed E-state index contributed by atoms with van der Waals surface area (Å²) < 4.78 is 56.3. The number of likely N-dealkylation sites (tertiary alicyclic amines) is 1. The Morgan fingerprint density at radius 3 is 2.57 bits per heavy atom. The molecule has 11 rings (SSSR count). The van der Waals surface area contributed by atoms with Crippen LogP contribution in [0.4, 0.5) is 28.4 Å². The van der Waals surface area contributed by atoms with Gasteiger partial charge in [-0.1, -0.05) is 38.1 Å². The number of pyridine rings is 1. The van der Waals surface area contributed by atoms with Gasteiger partial charge < -0.3 is 44.8 Å². The molecule has 364 valence electrons. The van der Waals surface area contributed by atoms with Crippen LogP contribution in [0.25, 0.3) is 11.0 Å². The molecule has 3 saturated heterocycles. The van der Waals surface area contributed by atoms with E-state index in [2.05, 4.69) is 58.2 Å². The number of anilines is 4. The normalized spacial score (nSPS) is 23.3. The van der Waals surface area contributed by atoms with Crippen LogP contribution in [0.5, 0.6) is 11.6 Å². The van der Waals surface area contributed by atoms with Gasteiger partial charge in [-0.2, -0.15) is 4.98 Å². The zero-order valence-electron chi connectivity index (χ0n) is 39.5. The molecule has 4 fully saturated rings. The molecule has 69 heavy (non-hydrogen) atoms. The van der Waals surface area contributed by atoms with Gasteiger partial charge in [0.15, 0.2) is 11.4 Å². The van der Waals surface area contributed by atoms with E-state index in [9.17, 15) is 14.9 Å². The highest BCUT2D eigenvalue weighted by molar-refractivity contribution is 7.91. The largest absolute Gasteiger partial charge is 0.489 e. The van der Waals surface area contributed by atoms with Crippen LogP contribution < -0.4 is 30.3 Å². The number of benzene rings is 3. The van der Waals surface area contributed by atoms with Crippen LogP contribution in [0.2, 0.25) is 0 Å². The lowest BCUT2D eigenvalue weighted by Crippen LogP contribution is -2.55. The summed E-state index contributed by atoms with van der Waals surface area (Å²) in [4.78, 5) is 40.1. The number of nitrogens with one attached hydrogen (secondary N) is 2. The van der Waals surface area contributed by atoms with Gasteiger partial charge in [-0.3, -0.25) is 19.8 Å². The summed E-state index contributed by atoms with van der Waals surface area (Å²) >= 11 is 0. The molecule has 5 aromatic rings. The van der Waals surface area contributed by atoms with Gasteiger partial charge in [-0.15, -0.1) is 0 Å². The number of carbonyl (C=O) groups is 1. The minimum Gasteiger partial charge on any atom is -0.489 e. The Kier molecular flexibility index (Phi) is 11.5. The molecule has 1 amide bonds. The van der Waals surface area contributed by atoms with Gasteiger partial charge in [0.05, 0.1) is 64.8 Å². The Hall–Kier alpha value is -5.95. The van der Waals surface area contributed by atoms with Gasteiger partial charge in [-0.05, 0) is 106 Å². The van der Waals surface area contributed by atoms with Crippen molar-refractivity contribution in [1.29, 1.82) is 0 Å². The Bertz CT molecular complexity index is 2940. The first kappa shape index (κ1) is 45.5. The average Bonchev–Trinajstić information content (AvgIpc) is 4.12. The molecule has 1 spiro atoms. The maximum absolute atomic E-state index is 16.0. The molecule has 0 unspecified atom stereocenters. The summed E-state index contributed by atoms with van der Waals surface area (Å²) in [5.74, 6) is -0.154. The van der Waals surface area contributed by atoms with Crippen LogP contribution >= 0.6 is 0 Å². The second-order valence-electron chi connectivity index (χ2n) is 20.4. The van der Waals surface area contributed by atoms with Gasteiger partial charge >= 0.3 is 0 Å². The summed E-state index contributed by atoms with van der Waals surface area (Å²) in [5.41, 5.74) is 10.2. The molecule has 17 nitrogen and oxygen atoms in total. The van der Waals surface area contributed by atoms with Crippen LogP contribution in [0, 0.1) is 15.5 Å². The second-order valence-corrected chi connectivity index (χ2v) is 22.3. The lowest BCUT2D eigenvalue weighted by Gasteiger charge is -2.56. The minimum atomic E-state index is -4.77. The summed E-state index contributed by atoms with van der Waals surface area (Å²) in [6.45, 7) is 11.2. The van der Waals surface area contributed by atoms with E-state index in [0.717, 1.165) is 50.1 Å². The SMILES string of the molecule is CC(C)OC[C@H]1COc2cc(S(=O)(=O)c3c(N4CCC5(CC4)CC(N4CCC[C@H]4c4ccccc4C(C)C)C5)ccc(C(N)=O)c3N3c4cc5cc[nH]c5nc4O[C@@H]4COC[C@H]43)cc([N+](=O)[O-])c2N1. The number of rotatable bonds is 12. The number of aromatic amines is 1. The zero-order valence-corrected chi connectivity index (χ0v) is 40.3. The highest BCUT2D eigenvalue weighted by Crippen LogP contribution is 2.56. The molecule has 5 aliphatic heterocycles. The van der Waals surface area contributed by atoms with Gasteiger partial charge in [0.25, 0.3) is 11.6 Å². The standard InChI is InChI=1S/C51H60N8O9S/c1-29(2)35-8-5-6-9-36(35)38-10-7-17-57(38)33-23-51(24-33)14-18-56(19-15-51)39-12-11-37(48(52)60)46(58-41-20-31-13-16-53-49(31)55-50(41)68-44-28-65-27-42(44)58)47(39)69(63,64)34-21-40(59(61)62)45-43(22-34)67-26-32(54-45)25-66-30(3)4/h5-6,8-9,11-13,16,20-22,29-30,32-33,38,42,44,54H,7,10,14-15,17-19,23-28H2,1-4H3,(H2,52,60)(H,53,55)/t32-,38-,42+,44+/m0/s1. The van der Waals surface area contributed by atoms with Crippen molar-refractivity contribution in [3.63, 3.8) is 0 Å². The summed E-state index contributed by atoms with van der Waals surface area (Å²) in [7, 11) is -4.77. The van der Waals surface area contributed by atoms with Crippen molar-refractivity contribution in [2.75, 3.05) is 61.2 Å². The van der Waals surface area contributed by atoms with Crippen molar-refractivity contribution in [2.45, 2.75) is 118 Å². The first-order chi connectivity index (χ1) is 33.2. The number of hydrogen-bond donors (Lipinski definition) is 3. The number of nitro benzene ring substituents is 1. The van der Waals surface area contributed by atoms with Gasteiger partial charge in [0.1, 0.15) is 28.9 Å². The summed E-state index contributed by atoms with van der Waals surface area (Å²) in [6.07, 6.45) is 7.25. The zero-order chi connectivity index (χ0) is 47.9. The van der Waals surface area contributed by atoms with E-state index in [1.165, 1.54) is 23.6 Å². The molecule has 2 aromatic heterocycles. The predicted octanol–water partition coefficient (Wildman–Crippen LogP) is 8.01. The number of nitrogens with zero attached hydrogens (tertiary/aromatic N) is 5. The first-order valence-electron chi connectivity index (χ1n) is 24.4. The fourth-order valence-corrected chi connectivity index (χ4v) is 13.7. The molecule has 18 heteroatoms. The lowest BCUT2D eigenvalue weighted by molar-refractivity contribution is -0.384. The monoisotopic (exact) mass is 960 g/mol. The Morgan fingerprint density at radius 2 is 1.81 bits per heavy atom. The fraction of sp³-hybridized carbons (Fsp3) is 0.490. The molecular weight excluding hydrogens is 901 g/mol. The van der Waals surface area contributed by atoms with Crippen LogP contribution in [0.15, 0.2) is 76.7 Å². The number of ether oxygens (including phenoxy) is 4. The Balaban J connectivity index is 0.995. The van der Waals surface area contributed by atoms with E-state index >= 15 is 8.42 Å². The van der Waals surface area contributed by atoms with Crippen molar-refractivity contribution in [3.05, 3.63) is 93.7 Å². The van der Waals surface area contributed by atoms with Crippen LogP contribution in [-0.2, 0) is 19.3 Å². The highest BCUT2D eigenvalue weighted by Gasteiger charge is 2.51. The van der Waals surface area contributed by atoms with Crippen LogP contribution in [0.3, 0.4) is 0 Å². The van der Waals surface area contributed by atoms with E-state index in [1.807, 2.05) is 26.0 Å². The molecule has 1 aliphatic carbocycles. The van der Waals surface area contributed by atoms with Crippen molar-refractivity contribution in [3.8, 4) is 11.6 Å². The number of piperidine rings is 1. The van der Waals surface area contributed by atoms with Crippen LogP contribution in [-0.4, -0.2) is 111 Å². The molecular formula is C51H60N8O9S. The Labute approximate surface area is 401 Å². The van der Waals surface area contributed by atoms with Crippen molar-refractivity contribution in [1.82, 2.24) is 14.9 Å². The quantitative estimate of drug-likeness (QED) is 0.0800. The first-order valence-corrected chi connectivity index (χ1v) is 25.8. The van der Waals surface area contributed by atoms with E-state index < -0.39 is 44.5 Å². The highest BCUT2D eigenvalue weighted by atomic mass is 32.2. The number of sulfone groups is 1. The van der Waals surface area contributed by atoms with Gasteiger partial charge in [-0.25, -0.2) is 8.42 Å². The minimum absolute atomic E-state index is 0.0186. The number of nitro groups is 1. The van der Waals surface area contributed by atoms with Crippen molar-refractivity contribution >= 4 is 55.2 Å². The third-order valence-electron chi connectivity index (χ3n) is 15.4. The number of nitrogens with two attached hydrogens (primary N) is 1. The number of carbonyl (C=O) groups excluding carboxylic acids is 1. The maximum Gasteiger partial charge on any atom is 0.297 e. The third kappa shape index (κ3) is 7.92. The molecule has 6 aliphatic rings. The van der Waals surface area contributed by atoms with Gasteiger partial charge in [0.2, 0.25) is 15.7 Å². The lowest BCUT2D eigenvalue weighted by atomic mass is 9.59. The molecule has 1 saturated carbocycles. The number of amides is 1. The van der Waals surface area contributed by atoms with Gasteiger partial charge in [0, 0.05) is 48.9 Å². The average molecular weight is 961 g/mol.